The van der Waals surface area contributed by atoms with Gasteiger partial charge in [-0.1, -0.05) is 6.08 Å². The van der Waals surface area contributed by atoms with Crippen molar-refractivity contribution in [1.82, 2.24) is 4.90 Å². The highest BCUT2D eigenvalue weighted by atomic mass is 16.2. The second-order valence-corrected chi connectivity index (χ2v) is 3.91. The quantitative estimate of drug-likeness (QED) is 0.547. The van der Waals surface area contributed by atoms with Crippen LogP contribution in [-0.4, -0.2) is 22.9 Å². The van der Waals surface area contributed by atoms with Crippen molar-refractivity contribution < 1.29 is 4.79 Å². The van der Waals surface area contributed by atoms with Gasteiger partial charge in [0.2, 0.25) is 5.91 Å². The summed E-state index contributed by atoms with van der Waals surface area (Å²) in [6.45, 7) is 7.04. The highest BCUT2D eigenvalue weighted by Crippen LogP contribution is 2.28. The van der Waals surface area contributed by atoms with Gasteiger partial charge in [-0.3, -0.25) is 4.79 Å². The zero-order valence-corrected chi connectivity index (χ0v) is 8.13. The van der Waals surface area contributed by atoms with E-state index >= 15 is 0 Å². The Labute approximate surface area is 74.2 Å². The van der Waals surface area contributed by atoms with E-state index in [4.69, 9.17) is 0 Å². The molecule has 0 atom stereocenters. The minimum Gasteiger partial charge on any atom is -0.334 e. The van der Waals surface area contributed by atoms with Gasteiger partial charge in [0.25, 0.3) is 0 Å². The standard InChI is InChI=1S/C10H17NO/c1-4-6-9(12)11-8-5-7-10(11,2)3/h4,6H,5,7-8H2,1-3H3/b6-4+. The summed E-state index contributed by atoms with van der Waals surface area (Å²) in [5, 5.41) is 0. The summed E-state index contributed by atoms with van der Waals surface area (Å²) in [6, 6.07) is 0. The summed E-state index contributed by atoms with van der Waals surface area (Å²) in [7, 11) is 0. The fourth-order valence-corrected chi connectivity index (χ4v) is 1.75. The molecule has 1 saturated heterocycles. The molecule has 1 aliphatic rings. The van der Waals surface area contributed by atoms with Crippen LogP contribution in [-0.2, 0) is 4.79 Å². The largest absolute Gasteiger partial charge is 0.334 e. The first kappa shape index (κ1) is 9.30. The molecule has 1 fully saturated rings. The van der Waals surface area contributed by atoms with Crippen molar-refractivity contribution in [2.45, 2.75) is 39.2 Å². The molecule has 68 valence electrons. The summed E-state index contributed by atoms with van der Waals surface area (Å²) in [6.07, 6.45) is 5.70. The lowest BCUT2D eigenvalue weighted by Gasteiger charge is -2.30. The van der Waals surface area contributed by atoms with E-state index in [2.05, 4.69) is 13.8 Å². The van der Waals surface area contributed by atoms with Crippen LogP contribution in [0.4, 0.5) is 0 Å². The molecule has 1 rings (SSSR count). The number of rotatable bonds is 1. The summed E-state index contributed by atoms with van der Waals surface area (Å²) < 4.78 is 0. The summed E-state index contributed by atoms with van der Waals surface area (Å²) in [5.41, 5.74) is 0.0661. The lowest BCUT2D eigenvalue weighted by atomic mass is 10.0. The van der Waals surface area contributed by atoms with Gasteiger partial charge in [-0.15, -0.1) is 0 Å². The first-order valence-corrected chi connectivity index (χ1v) is 4.52. The molecule has 0 saturated carbocycles. The molecule has 0 radical (unpaired) electrons. The molecular formula is C10H17NO. The molecule has 2 nitrogen and oxygen atoms in total. The molecule has 0 aliphatic carbocycles. The highest BCUT2D eigenvalue weighted by molar-refractivity contribution is 5.88. The number of nitrogens with zero attached hydrogens (tertiary/aromatic N) is 1. The van der Waals surface area contributed by atoms with Gasteiger partial charge in [-0.2, -0.15) is 0 Å². The van der Waals surface area contributed by atoms with Crippen LogP contribution in [0, 0.1) is 0 Å². The smallest absolute Gasteiger partial charge is 0.246 e. The van der Waals surface area contributed by atoms with Crippen LogP contribution in [0.3, 0.4) is 0 Å². The molecule has 1 amide bonds. The number of carbonyl (C=O) groups is 1. The normalized spacial score (nSPS) is 22.1. The van der Waals surface area contributed by atoms with E-state index in [1.165, 1.54) is 0 Å². The number of likely N-dealkylation sites (tertiary alicyclic amines) is 1. The van der Waals surface area contributed by atoms with E-state index < -0.39 is 0 Å². The number of hydrogen-bond donors (Lipinski definition) is 0. The third kappa shape index (κ3) is 1.68. The maximum Gasteiger partial charge on any atom is 0.246 e. The second-order valence-electron chi connectivity index (χ2n) is 3.91. The Kier molecular flexibility index (Phi) is 2.55. The fourth-order valence-electron chi connectivity index (χ4n) is 1.75. The van der Waals surface area contributed by atoms with E-state index in [0.29, 0.717) is 0 Å². The van der Waals surface area contributed by atoms with Gasteiger partial charge in [0.1, 0.15) is 0 Å². The van der Waals surface area contributed by atoms with Crippen molar-refractivity contribution >= 4 is 5.91 Å². The van der Waals surface area contributed by atoms with E-state index in [-0.39, 0.29) is 11.4 Å². The van der Waals surface area contributed by atoms with Gasteiger partial charge in [-0.25, -0.2) is 0 Å². The number of amides is 1. The maximum atomic E-state index is 11.5. The lowest BCUT2D eigenvalue weighted by Crippen LogP contribution is -2.41. The summed E-state index contributed by atoms with van der Waals surface area (Å²) in [4.78, 5) is 13.5. The van der Waals surface area contributed by atoms with Crippen molar-refractivity contribution in [3.63, 3.8) is 0 Å². The number of allylic oxidation sites excluding steroid dienone is 1. The van der Waals surface area contributed by atoms with Gasteiger partial charge >= 0.3 is 0 Å². The Hall–Kier alpha value is -0.790. The van der Waals surface area contributed by atoms with Gasteiger partial charge in [0.15, 0.2) is 0 Å². The molecule has 2 heteroatoms. The zero-order chi connectivity index (χ0) is 9.19. The summed E-state index contributed by atoms with van der Waals surface area (Å²) >= 11 is 0. The van der Waals surface area contributed by atoms with Crippen LogP contribution < -0.4 is 0 Å². The van der Waals surface area contributed by atoms with Crippen molar-refractivity contribution in [1.29, 1.82) is 0 Å². The molecule has 0 unspecified atom stereocenters. The molecule has 1 aliphatic heterocycles. The van der Waals surface area contributed by atoms with Crippen LogP contribution in [0.1, 0.15) is 33.6 Å². The zero-order valence-electron chi connectivity index (χ0n) is 8.13. The minimum atomic E-state index is 0.0661. The van der Waals surface area contributed by atoms with Crippen LogP contribution in [0.2, 0.25) is 0 Å². The fraction of sp³-hybridized carbons (Fsp3) is 0.700. The average molecular weight is 167 g/mol. The SMILES string of the molecule is C/C=C/C(=O)N1CCCC1(C)C. The predicted molar refractivity (Wildman–Crippen MR) is 49.8 cm³/mol. The maximum absolute atomic E-state index is 11.5. The van der Waals surface area contributed by atoms with Gasteiger partial charge in [0.05, 0.1) is 0 Å². The molecule has 0 spiro atoms. The minimum absolute atomic E-state index is 0.0661. The van der Waals surface area contributed by atoms with E-state index in [1.54, 1.807) is 12.2 Å². The monoisotopic (exact) mass is 167 g/mol. The van der Waals surface area contributed by atoms with E-state index in [9.17, 15) is 4.79 Å². The van der Waals surface area contributed by atoms with Crippen molar-refractivity contribution in [2.75, 3.05) is 6.54 Å². The van der Waals surface area contributed by atoms with E-state index in [0.717, 1.165) is 19.4 Å². The Morgan fingerprint density at radius 1 is 1.50 bits per heavy atom. The highest BCUT2D eigenvalue weighted by Gasteiger charge is 2.33. The number of carbonyl (C=O) groups excluding carboxylic acids is 1. The third-order valence-corrected chi connectivity index (χ3v) is 2.48. The Morgan fingerprint density at radius 3 is 2.58 bits per heavy atom. The molecule has 1 heterocycles. The molecule has 0 N–H and O–H groups in total. The lowest BCUT2D eigenvalue weighted by molar-refractivity contribution is -0.128. The van der Waals surface area contributed by atoms with Crippen molar-refractivity contribution in [2.24, 2.45) is 0 Å². The van der Waals surface area contributed by atoms with Crippen LogP contribution >= 0.6 is 0 Å². The van der Waals surface area contributed by atoms with Crippen molar-refractivity contribution in [3.8, 4) is 0 Å². The van der Waals surface area contributed by atoms with Gasteiger partial charge < -0.3 is 4.90 Å². The Morgan fingerprint density at radius 2 is 2.17 bits per heavy atom. The molecular weight excluding hydrogens is 150 g/mol. The Balaban J connectivity index is 2.69. The third-order valence-electron chi connectivity index (χ3n) is 2.48. The Bertz CT molecular complexity index is 206. The van der Waals surface area contributed by atoms with Crippen LogP contribution in [0.5, 0.6) is 0 Å². The number of hydrogen-bond acceptors (Lipinski definition) is 1. The molecule has 12 heavy (non-hydrogen) atoms. The summed E-state index contributed by atoms with van der Waals surface area (Å²) in [5.74, 6) is 0.153. The second kappa shape index (κ2) is 3.30. The van der Waals surface area contributed by atoms with Gasteiger partial charge in [-0.05, 0) is 39.7 Å². The van der Waals surface area contributed by atoms with Crippen LogP contribution in [0.15, 0.2) is 12.2 Å². The average Bonchev–Trinajstić information content (AvgIpc) is 2.30. The molecule has 0 bridgehead atoms. The van der Waals surface area contributed by atoms with Gasteiger partial charge in [0, 0.05) is 12.1 Å². The molecule has 0 aromatic heterocycles. The molecule has 0 aromatic rings. The topological polar surface area (TPSA) is 20.3 Å². The molecule has 0 aromatic carbocycles. The van der Waals surface area contributed by atoms with E-state index in [1.807, 2.05) is 11.8 Å². The van der Waals surface area contributed by atoms with Crippen molar-refractivity contribution in [3.05, 3.63) is 12.2 Å². The first-order valence-electron chi connectivity index (χ1n) is 4.52. The van der Waals surface area contributed by atoms with Crippen LogP contribution in [0.25, 0.3) is 0 Å². The predicted octanol–water partition coefficient (Wildman–Crippen LogP) is 1.96. The first-order chi connectivity index (χ1) is 5.58.